The topological polar surface area (TPSA) is 106 Å². The van der Waals surface area contributed by atoms with Gasteiger partial charge in [0.05, 0.1) is 11.1 Å². The Labute approximate surface area is 194 Å². The van der Waals surface area contributed by atoms with Crippen molar-refractivity contribution >= 4 is 46.7 Å². The van der Waals surface area contributed by atoms with Crippen LogP contribution < -0.4 is 0 Å². The summed E-state index contributed by atoms with van der Waals surface area (Å²) in [5.41, 5.74) is 3.14. The minimum atomic E-state index is -0.875. The predicted octanol–water partition coefficient (Wildman–Crippen LogP) is 2.44. The summed E-state index contributed by atoms with van der Waals surface area (Å²) >= 11 is 0. The summed E-state index contributed by atoms with van der Waals surface area (Å²) in [5, 5.41) is 17.4. The zero-order valence-corrected chi connectivity index (χ0v) is 19.8. The van der Waals surface area contributed by atoms with E-state index >= 15 is 0 Å². The zero-order valence-electron chi connectivity index (χ0n) is 17.8. The van der Waals surface area contributed by atoms with Crippen LogP contribution >= 0.6 is 0 Å². The first-order valence-corrected chi connectivity index (χ1v) is 8.50. The molecule has 0 bridgehead atoms. The van der Waals surface area contributed by atoms with E-state index < -0.39 is 11.9 Å². The number of carbonyl (C=O) groups is 2. The van der Waals surface area contributed by atoms with Crippen LogP contribution in [0.5, 0.6) is 0 Å². The van der Waals surface area contributed by atoms with E-state index in [1.54, 1.807) is 24.3 Å². The quantitative estimate of drug-likeness (QED) is 0.710. The van der Waals surface area contributed by atoms with Gasteiger partial charge in [0.1, 0.15) is 17.4 Å². The van der Waals surface area contributed by atoms with Gasteiger partial charge in [-0.25, -0.2) is 9.59 Å². The Morgan fingerprint density at radius 1 is 0.621 bits per heavy atom. The predicted molar refractivity (Wildman–Crippen MR) is 126 cm³/mol. The molecular formula is C22H35Al2O5. The van der Waals surface area contributed by atoms with Gasteiger partial charge in [-0.15, -0.1) is 0 Å². The lowest BCUT2D eigenvalue weighted by Gasteiger charge is -2.18. The summed E-state index contributed by atoms with van der Waals surface area (Å²) in [7, 11) is 0. The lowest BCUT2D eigenvalue weighted by molar-refractivity contribution is 0.0686. The van der Waals surface area contributed by atoms with Crippen LogP contribution in [0.4, 0.5) is 0 Å². The van der Waals surface area contributed by atoms with Crippen LogP contribution in [0.2, 0.25) is 0 Å². The van der Waals surface area contributed by atoms with Crippen molar-refractivity contribution < 1.29 is 25.3 Å². The lowest BCUT2D eigenvalue weighted by atomic mass is 9.87. The number of carboxylic acid groups (broad SMARTS) is 2. The SMILES string of the molecule is CC(C)(C)c1ccc(C(=O)O)cc1.CC(C)(C)c1ccc(C(=O)O)cc1.O.[AlH2].[AlH3]. The highest BCUT2D eigenvalue weighted by Crippen LogP contribution is 2.22. The Morgan fingerprint density at radius 2 is 0.828 bits per heavy atom. The van der Waals surface area contributed by atoms with E-state index in [4.69, 9.17) is 10.2 Å². The fourth-order valence-electron chi connectivity index (χ4n) is 2.23. The third kappa shape index (κ3) is 10.7. The number of benzene rings is 2. The van der Waals surface area contributed by atoms with Gasteiger partial charge in [0, 0.05) is 0 Å². The summed E-state index contributed by atoms with van der Waals surface area (Å²) in [4.78, 5) is 21.1. The molecule has 0 atom stereocenters. The van der Waals surface area contributed by atoms with E-state index in [0.717, 1.165) is 11.1 Å². The van der Waals surface area contributed by atoms with E-state index in [0.29, 0.717) is 11.1 Å². The van der Waals surface area contributed by atoms with Gasteiger partial charge in [-0.3, -0.25) is 0 Å². The van der Waals surface area contributed by atoms with Crippen molar-refractivity contribution in [3.8, 4) is 0 Å². The highest BCUT2D eigenvalue weighted by Gasteiger charge is 2.14. The molecular weight excluding hydrogens is 398 g/mol. The lowest BCUT2D eigenvalue weighted by Crippen LogP contribution is -2.11. The standard InChI is InChI=1S/2C11H14O2.2Al.H2O.5H/c2*1-11(2,3)9-6-4-8(5-7-9)10(12)13;;;;;;;;/h2*4-7H,1-3H3,(H,12,13);;;1H2;;;;;. The Bertz CT molecular complexity index is 688. The van der Waals surface area contributed by atoms with Crippen molar-refractivity contribution in [2.45, 2.75) is 52.4 Å². The zero-order chi connectivity index (χ0) is 20.1. The Morgan fingerprint density at radius 3 is 0.966 bits per heavy atom. The molecule has 4 N–H and O–H groups in total. The molecule has 29 heavy (non-hydrogen) atoms. The van der Waals surface area contributed by atoms with Crippen LogP contribution in [0.3, 0.4) is 0 Å². The molecule has 0 spiro atoms. The third-order valence-electron chi connectivity index (χ3n) is 4.00. The number of carboxylic acids is 2. The Balaban J connectivity index is -0.000000422. The molecule has 0 aromatic heterocycles. The molecule has 2 rings (SSSR count). The van der Waals surface area contributed by atoms with Crippen molar-refractivity contribution in [1.29, 1.82) is 0 Å². The molecule has 0 saturated heterocycles. The number of hydrogen-bond acceptors (Lipinski definition) is 2. The molecule has 0 saturated carbocycles. The summed E-state index contributed by atoms with van der Waals surface area (Å²) in [5.74, 6) is -1.75. The van der Waals surface area contributed by atoms with Crippen LogP contribution in [-0.4, -0.2) is 62.3 Å². The number of hydrogen-bond donors (Lipinski definition) is 2. The molecule has 0 heterocycles. The van der Waals surface area contributed by atoms with E-state index in [9.17, 15) is 9.59 Å². The minimum Gasteiger partial charge on any atom is -0.478 e. The third-order valence-corrected chi connectivity index (χ3v) is 4.00. The minimum absolute atomic E-state index is 0. The molecule has 0 fully saturated rings. The van der Waals surface area contributed by atoms with Gasteiger partial charge >= 0.3 is 11.9 Å². The van der Waals surface area contributed by atoms with E-state index in [-0.39, 0.29) is 51.0 Å². The average Bonchev–Trinajstić information content (AvgIpc) is 2.54. The number of rotatable bonds is 2. The van der Waals surface area contributed by atoms with E-state index in [1.807, 2.05) is 24.3 Å². The van der Waals surface area contributed by atoms with Crippen LogP contribution in [0.1, 0.15) is 73.4 Å². The second-order valence-corrected chi connectivity index (χ2v) is 8.27. The van der Waals surface area contributed by atoms with Crippen molar-refractivity contribution in [3.63, 3.8) is 0 Å². The van der Waals surface area contributed by atoms with Crippen molar-refractivity contribution in [1.82, 2.24) is 0 Å². The smallest absolute Gasteiger partial charge is 0.335 e. The number of aromatic carboxylic acids is 2. The van der Waals surface area contributed by atoms with Gasteiger partial charge in [-0.05, 0) is 46.2 Å². The Hall–Kier alpha value is -1.60. The maximum atomic E-state index is 10.6. The first-order chi connectivity index (χ1) is 11.8. The second kappa shape index (κ2) is 12.9. The van der Waals surface area contributed by atoms with Gasteiger partial charge in [0.25, 0.3) is 0 Å². The molecule has 1 radical (unpaired) electrons. The fourth-order valence-corrected chi connectivity index (χ4v) is 2.23. The molecule has 0 aliphatic rings. The monoisotopic (exact) mass is 433 g/mol. The molecule has 0 unspecified atom stereocenters. The molecule has 0 amide bonds. The van der Waals surface area contributed by atoms with Gasteiger partial charge in [-0.1, -0.05) is 65.8 Å². The first-order valence-electron chi connectivity index (χ1n) is 8.50. The second-order valence-electron chi connectivity index (χ2n) is 8.27. The van der Waals surface area contributed by atoms with Crippen LogP contribution in [0.25, 0.3) is 0 Å². The molecule has 159 valence electrons. The molecule has 2 aromatic rings. The normalized spacial score (nSPS) is 10.1. The molecule has 0 aliphatic carbocycles. The van der Waals surface area contributed by atoms with Gasteiger partial charge < -0.3 is 15.7 Å². The van der Waals surface area contributed by atoms with Crippen molar-refractivity contribution in [2.24, 2.45) is 0 Å². The van der Waals surface area contributed by atoms with Crippen molar-refractivity contribution in [2.75, 3.05) is 0 Å². The maximum absolute atomic E-state index is 10.6. The highest BCUT2D eigenvalue weighted by atomic mass is 27.0. The largest absolute Gasteiger partial charge is 0.478 e. The Kier molecular flexibility index (Phi) is 14.2. The first kappa shape index (κ1) is 32.1. The summed E-state index contributed by atoms with van der Waals surface area (Å²) in [6.45, 7) is 12.6. The summed E-state index contributed by atoms with van der Waals surface area (Å²) in [6.07, 6.45) is 0. The summed E-state index contributed by atoms with van der Waals surface area (Å²) in [6, 6.07) is 14.0. The van der Waals surface area contributed by atoms with Crippen LogP contribution in [-0.2, 0) is 10.8 Å². The molecule has 7 heteroatoms. The maximum Gasteiger partial charge on any atom is 0.335 e. The van der Waals surface area contributed by atoms with E-state index in [1.165, 1.54) is 0 Å². The highest BCUT2D eigenvalue weighted by molar-refractivity contribution is 5.88. The summed E-state index contributed by atoms with van der Waals surface area (Å²) < 4.78 is 0. The average molecular weight is 433 g/mol. The molecule has 2 aromatic carbocycles. The van der Waals surface area contributed by atoms with Crippen molar-refractivity contribution in [3.05, 3.63) is 70.8 Å². The van der Waals surface area contributed by atoms with Crippen LogP contribution in [0.15, 0.2) is 48.5 Å². The van der Waals surface area contributed by atoms with Gasteiger partial charge in [-0.2, -0.15) is 0 Å². The van der Waals surface area contributed by atoms with Gasteiger partial charge in [0.2, 0.25) is 0 Å². The van der Waals surface area contributed by atoms with Crippen LogP contribution in [0, 0.1) is 0 Å². The van der Waals surface area contributed by atoms with E-state index in [2.05, 4.69) is 41.5 Å². The molecule has 0 aliphatic heterocycles. The molecule has 5 nitrogen and oxygen atoms in total. The van der Waals surface area contributed by atoms with Gasteiger partial charge in [0.15, 0.2) is 17.4 Å². The fraction of sp³-hybridized carbons (Fsp3) is 0.364.